The molecule has 1 N–H and O–H groups in total. The topological polar surface area (TPSA) is 90.9 Å². The zero-order chi connectivity index (χ0) is 20.9. The van der Waals surface area contributed by atoms with E-state index in [1.807, 2.05) is 0 Å². The Morgan fingerprint density at radius 3 is 2.77 bits per heavy atom. The lowest BCUT2D eigenvalue weighted by Crippen LogP contribution is -2.15. The van der Waals surface area contributed by atoms with Crippen molar-refractivity contribution in [3.05, 3.63) is 60.1 Å². The first-order chi connectivity index (χ1) is 14.4. The van der Waals surface area contributed by atoms with Crippen LogP contribution in [0, 0.1) is 0 Å². The molecular weight excluding hydrogens is 422 g/mol. The predicted octanol–water partition coefficient (Wildman–Crippen LogP) is 4.26. The van der Waals surface area contributed by atoms with Crippen LogP contribution in [-0.4, -0.2) is 27.3 Å². The number of carbonyl (C=O) groups excluding carboxylic acids is 1. The van der Waals surface area contributed by atoms with Gasteiger partial charge in [0.05, 0.1) is 6.26 Å². The van der Waals surface area contributed by atoms with E-state index in [-0.39, 0.29) is 29.6 Å². The first-order valence-electron chi connectivity index (χ1n) is 8.61. The van der Waals surface area contributed by atoms with Gasteiger partial charge in [-0.1, -0.05) is 0 Å². The Morgan fingerprint density at radius 1 is 1.17 bits per heavy atom. The van der Waals surface area contributed by atoms with Gasteiger partial charge in [0.25, 0.3) is 5.91 Å². The third-order valence-corrected chi connectivity index (χ3v) is 4.55. The number of furan rings is 1. The van der Waals surface area contributed by atoms with E-state index in [2.05, 4.69) is 15.4 Å². The second-order valence-electron chi connectivity index (χ2n) is 6.32. The minimum Gasteiger partial charge on any atom is -0.463 e. The van der Waals surface area contributed by atoms with Crippen molar-refractivity contribution in [2.45, 2.75) is 5.38 Å². The van der Waals surface area contributed by atoms with Crippen LogP contribution < -0.4 is 14.8 Å². The van der Waals surface area contributed by atoms with Crippen molar-refractivity contribution in [1.29, 1.82) is 0 Å². The number of alkyl halides is 3. The van der Waals surface area contributed by atoms with Gasteiger partial charge < -0.3 is 19.2 Å². The number of hydrogen-bond acceptors (Lipinski definition) is 6. The van der Waals surface area contributed by atoms with Crippen LogP contribution in [0.3, 0.4) is 0 Å². The normalized spacial score (nSPS) is 13.0. The summed E-state index contributed by atoms with van der Waals surface area (Å²) in [5, 5.41) is 2.84. The summed E-state index contributed by atoms with van der Waals surface area (Å²) in [5.74, 6) is 0.691. The number of benzene rings is 1. The molecule has 3 aromatic heterocycles. The highest BCUT2D eigenvalue weighted by Gasteiger charge is 2.33. The fourth-order valence-electron chi connectivity index (χ4n) is 3.01. The Balaban J connectivity index is 1.53. The first kappa shape index (κ1) is 18.4. The number of anilines is 1. The fraction of sp³-hybridized carbons (Fsp3) is 0.105. The number of nitrogens with one attached hydrogen (secondary N) is 1. The van der Waals surface area contributed by atoms with Gasteiger partial charge in [-0.25, -0.2) is 9.50 Å². The van der Waals surface area contributed by atoms with Crippen LogP contribution in [-0.2, 0) is 5.38 Å². The molecule has 0 saturated heterocycles. The van der Waals surface area contributed by atoms with Crippen LogP contribution >= 0.6 is 11.6 Å². The third-order valence-electron chi connectivity index (χ3n) is 4.35. The average molecular weight is 433 g/mol. The van der Waals surface area contributed by atoms with E-state index >= 15 is 0 Å². The summed E-state index contributed by atoms with van der Waals surface area (Å²) in [7, 11) is 0. The number of aromatic nitrogens is 3. The number of rotatable bonds is 4. The molecule has 5 rings (SSSR count). The molecule has 0 aliphatic carbocycles. The summed E-state index contributed by atoms with van der Waals surface area (Å²) in [5.41, 5.74) is -0.212. The Kier molecular flexibility index (Phi) is 4.10. The number of fused-ring (bicyclic) bond motifs is 2. The largest absolute Gasteiger partial charge is 0.463 e. The first-order valence-corrected chi connectivity index (χ1v) is 8.99. The number of amides is 1. The lowest BCUT2D eigenvalue weighted by molar-refractivity contribution is 0.0869. The molecule has 1 aliphatic rings. The maximum Gasteiger partial charge on any atom is 0.364 e. The van der Waals surface area contributed by atoms with Crippen LogP contribution in [0.2, 0.25) is 0 Å². The van der Waals surface area contributed by atoms with E-state index in [1.54, 1.807) is 30.3 Å². The van der Waals surface area contributed by atoms with Crippen LogP contribution in [0.25, 0.3) is 17.1 Å². The van der Waals surface area contributed by atoms with E-state index in [9.17, 15) is 13.6 Å². The molecule has 8 nitrogen and oxygen atoms in total. The van der Waals surface area contributed by atoms with Crippen LogP contribution in [0.15, 0.2) is 53.1 Å². The molecule has 1 aromatic carbocycles. The second-order valence-corrected chi connectivity index (χ2v) is 6.80. The van der Waals surface area contributed by atoms with E-state index in [0.29, 0.717) is 17.2 Å². The predicted molar refractivity (Wildman–Crippen MR) is 101 cm³/mol. The monoisotopic (exact) mass is 432 g/mol. The maximum absolute atomic E-state index is 14.0. The third kappa shape index (κ3) is 3.20. The minimum absolute atomic E-state index is 0.00932. The van der Waals surface area contributed by atoms with Gasteiger partial charge >= 0.3 is 5.38 Å². The van der Waals surface area contributed by atoms with Crippen molar-refractivity contribution in [1.82, 2.24) is 14.6 Å². The van der Waals surface area contributed by atoms with E-state index in [0.717, 1.165) is 10.6 Å². The molecule has 0 bridgehead atoms. The molecule has 0 spiro atoms. The Morgan fingerprint density at radius 2 is 2.00 bits per heavy atom. The molecule has 0 fully saturated rings. The van der Waals surface area contributed by atoms with E-state index in [1.165, 1.54) is 12.3 Å². The van der Waals surface area contributed by atoms with Gasteiger partial charge in [-0.3, -0.25) is 4.79 Å². The van der Waals surface area contributed by atoms with Gasteiger partial charge in [-0.05, 0) is 41.9 Å². The molecule has 0 saturated carbocycles. The van der Waals surface area contributed by atoms with Crippen molar-refractivity contribution in [3.63, 3.8) is 0 Å². The highest BCUT2D eigenvalue weighted by atomic mass is 35.5. The average Bonchev–Trinajstić information content (AvgIpc) is 3.44. The summed E-state index contributed by atoms with van der Waals surface area (Å²) in [6.45, 7) is 0.0955. The zero-order valence-corrected chi connectivity index (χ0v) is 15.7. The zero-order valence-electron chi connectivity index (χ0n) is 14.9. The number of halogens is 3. The SMILES string of the molecule is O=C(Nc1ccc2c(c1)OCO2)c1cc2nc(-c3ccco3)cc(C(F)(F)Cl)n2n1. The van der Waals surface area contributed by atoms with Crippen molar-refractivity contribution < 1.29 is 27.5 Å². The summed E-state index contributed by atoms with van der Waals surface area (Å²) in [6, 6.07) is 10.4. The standard InChI is InChI=1S/C19H11ClF2N4O4/c20-19(21,22)16-7-11(13-2-1-5-28-13)24-17-8-12(25-26(16)17)18(27)23-10-3-4-14-15(6-10)30-9-29-14/h1-8H,9H2,(H,23,27). The van der Waals surface area contributed by atoms with Crippen molar-refractivity contribution in [3.8, 4) is 23.0 Å². The highest BCUT2D eigenvalue weighted by molar-refractivity contribution is 6.21. The van der Waals surface area contributed by atoms with Crippen molar-refractivity contribution in [2.75, 3.05) is 12.1 Å². The second kappa shape index (κ2) is 6.70. The van der Waals surface area contributed by atoms with Gasteiger partial charge in [0, 0.05) is 17.8 Å². The molecule has 4 heterocycles. The minimum atomic E-state index is -3.75. The lowest BCUT2D eigenvalue weighted by atomic mass is 10.2. The summed E-state index contributed by atoms with van der Waals surface area (Å²) < 4.78 is 44.6. The maximum atomic E-state index is 14.0. The van der Waals surface area contributed by atoms with Gasteiger partial charge in [-0.15, -0.1) is 0 Å². The van der Waals surface area contributed by atoms with Crippen LogP contribution in [0.1, 0.15) is 16.2 Å². The number of carbonyl (C=O) groups is 1. The Bertz CT molecular complexity index is 1270. The molecule has 1 aliphatic heterocycles. The van der Waals surface area contributed by atoms with Gasteiger partial charge in [0.15, 0.2) is 28.6 Å². The summed E-state index contributed by atoms with van der Waals surface area (Å²) in [6.07, 6.45) is 1.39. The molecule has 152 valence electrons. The number of hydrogen-bond donors (Lipinski definition) is 1. The van der Waals surface area contributed by atoms with Crippen LogP contribution in [0.4, 0.5) is 14.5 Å². The highest BCUT2D eigenvalue weighted by Crippen LogP contribution is 2.36. The Hall–Kier alpha value is -3.66. The van der Waals surface area contributed by atoms with Crippen molar-refractivity contribution in [2.24, 2.45) is 0 Å². The van der Waals surface area contributed by atoms with Crippen molar-refractivity contribution >= 4 is 28.8 Å². The molecule has 11 heteroatoms. The molecule has 30 heavy (non-hydrogen) atoms. The van der Waals surface area contributed by atoms with E-state index in [4.69, 9.17) is 25.5 Å². The summed E-state index contributed by atoms with van der Waals surface area (Å²) in [4.78, 5) is 16.9. The number of nitrogens with zero attached hydrogens (tertiary/aromatic N) is 3. The molecular formula is C19H11ClF2N4O4. The van der Waals surface area contributed by atoms with E-state index < -0.39 is 17.0 Å². The molecule has 0 radical (unpaired) electrons. The summed E-state index contributed by atoms with van der Waals surface area (Å²) >= 11 is 5.26. The number of ether oxygens (including phenoxy) is 2. The smallest absolute Gasteiger partial charge is 0.364 e. The van der Waals surface area contributed by atoms with Gasteiger partial charge in [0.2, 0.25) is 6.79 Å². The van der Waals surface area contributed by atoms with Gasteiger partial charge in [-0.2, -0.15) is 13.9 Å². The Labute approximate surface area is 172 Å². The van der Waals surface area contributed by atoms with Gasteiger partial charge in [0.1, 0.15) is 11.4 Å². The molecule has 0 atom stereocenters. The fourth-order valence-corrected chi connectivity index (χ4v) is 3.14. The lowest BCUT2D eigenvalue weighted by Gasteiger charge is -2.11. The van der Waals surface area contributed by atoms with Crippen LogP contribution in [0.5, 0.6) is 11.5 Å². The molecule has 1 amide bonds. The quantitative estimate of drug-likeness (QED) is 0.485. The molecule has 4 aromatic rings. The molecule has 0 unspecified atom stereocenters.